The van der Waals surface area contributed by atoms with Gasteiger partial charge in [0.1, 0.15) is 0 Å². The van der Waals surface area contributed by atoms with Crippen molar-refractivity contribution in [3.63, 3.8) is 0 Å². The Bertz CT molecular complexity index is 706. The third-order valence-corrected chi connectivity index (χ3v) is 13.9. The van der Waals surface area contributed by atoms with E-state index in [1.807, 2.05) is 0 Å². The number of benzene rings is 3. The Morgan fingerprint density at radius 3 is 1.14 bits per heavy atom. The second kappa shape index (κ2) is 10.5. The van der Waals surface area contributed by atoms with Crippen molar-refractivity contribution in [2.45, 2.75) is 25.0 Å². The summed E-state index contributed by atoms with van der Waals surface area (Å²) in [7, 11) is -6.00. The normalized spacial score (nSPS) is 11.5. The first-order valence-electron chi connectivity index (χ1n) is 9.30. The molecule has 0 bridgehead atoms. The molecule has 0 amide bonds. The first kappa shape index (κ1) is 22.3. The number of rotatable bonds is 6. The quantitative estimate of drug-likeness (QED) is 0.355. The predicted molar refractivity (Wildman–Crippen MR) is 114 cm³/mol. The van der Waals surface area contributed by atoms with E-state index in [0.717, 1.165) is 0 Å². The van der Waals surface area contributed by atoms with E-state index in [2.05, 4.69) is 97.9 Å². The number of unbranched alkanes of at least 4 members (excludes halogenated alkanes) is 1. The Morgan fingerprint density at radius 2 is 0.893 bits per heavy atom. The van der Waals surface area contributed by atoms with Crippen molar-refractivity contribution in [3.05, 3.63) is 91.0 Å². The number of halogens is 4. The molecule has 0 aromatic heterocycles. The summed E-state index contributed by atoms with van der Waals surface area (Å²) in [6, 6.07) is 33.7. The molecule has 3 rings (SSSR count). The molecule has 0 N–H and O–H groups in total. The summed E-state index contributed by atoms with van der Waals surface area (Å²) in [4.78, 5) is 0. The molecular weight excluding hydrogens is 426 g/mol. The summed E-state index contributed by atoms with van der Waals surface area (Å²) in [5.74, 6) is 0. The molecule has 3 aromatic rings. The van der Waals surface area contributed by atoms with Gasteiger partial charge in [-0.25, -0.2) is 0 Å². The number of hydrogen-bond acceptors (Lipinski definition) is 0. The molecule has 6 heteroatoms. The molecule has 0 nitrogen and oxygen atoms in total. The molecule has 0 spiro atoms. The SMILES string of the molecule is CCCC[As+](c1ccccc1)(c1ccccc1)c1ccccc1.F[B-](F)(F)F. The van der Waals surface area contributed by atoms with Gasteiger partial charge in [0.05, 0.1) is 0 Å². The van der Waals surface area contributed by atoms with Crippen LogP contribution in [0.15, 0.2) is 91.0 Å². The smallest absolute Gasteiger partial charge is 0.418 e. The maximum absolute atomic E-state index is 9.75. The van der Waals surface area contributed by atoms with Crippen LogP contribution in [0.3, 0.4) is 0 Å². The van der Waals surface area contributed by atoms with Gasteiger partial charge >= 0.3 is 150 Å². The van der Waals surface area contributed by atoms with Gasteiger partial charge in [0.2, 0.25) is 0 Å². The summed E-state index contributed by atoms with van der Waals surface area (Å²) in [6.07, 6.45) is 2.53. The Kier molecular flexibility index (Phi) is 8.38. The first-order chi connectivity index (χ1) is 13.4. The predicted octanol–water partition coefficient (Wildman–Crippen LogP) is 5.26. The largest absolute Gasteiger partial charge is 0.673 e. The summed E-state index contributed by atoms with van der Waals surface area (Å²) >= 11 is -2.39. The minimum Gasteiger partial charge on any atom is -0.418 e. The molecule has 0 aliphatic rings. The molecule has 0 fully saturated rings. The molecule has 0 atom stereocenters. The first-order valence-corrected chi connectivity index (χ1v) is 13.4. The zero-order valence-corrected chi connectivity index (χ0v) is 17.7. The van der Waals surface area contributed by atoms with E-state index in [1.165, 1.54) is 18.1 Å². The van der Waals surface area contributed by atoms with Crippen LogP contribution in [-0.4, -0.2) is 20.8 Å². The second-order valence-electron chi connectivity index (χ2n) is 6.39. The molecule has 148 valence electrons. The van der Waals surface area contributed by atoms with Gasteiger partial charge in [0, 0.05) is 0 Å². The van der Waals surface area contributed by atoms with Crippen LogP contribution in [0.25, 0.3) is 0 Å². The van der Waals surface area contributed by atoms with Crippen molar-refractivity contribution in [2.75, 3.05) is 0 Å². The topological polar surface area (TPSA) is 0 Å². The van der Waals surface area contributed by atoms with Gasteiger partial charge < -0.3 is 17.3 Å². The van der Waals surface area contributed by atoms with Crippen LogP contribution in [0.1, 0.15) is 19.8 Å². The third-order valence-electron chi connectivity index (χ3n) is 4.44. The van der Waals surface area contributed by atoms with Crippen LogP contribution in [0.4, 0.5) is 17.3 Å². The van der Waals surface area contributed by atoms with Crippen molar-refractivity contribution in [1.82, 2.24) is 0 Å². The van der Waals surface area contributed by atoms with E-state index in [1.54, 1.807) is 13.1 Å². The Labute approximate surface area is 167 Å². The van der Waals surface area contributed by atoms with Crippen LogP contribution in [-0.2, 0) is 0 Å². The maximum atomic E-state index is 9.75. The van der Waals surface area contributed by atoms with Gasteiger partial charge in [-0.2, -0.15) is 0 Å². The van der Waals surface area contributed by atoms with Gasteiger partial charge in [-0.3, -0.25) is 0 Å². The standard InChI is InChI=1S/C22H24As.BF4/c1-2-3-19-23(20-13-7-4-8-14-20,21-15-9-5-10-16-21)22-17-11-6-12-18-22;2-1(3,4)5/h4-18H,2-3,19H2,1H3;/q+1;-1. The van der Waals surface area contributed by atoms with Gasteiger partial charge in [-0.05, 0) is 0 Å². The van der Waals surface area contributed by atoms with Crippen LogP contribution in [0.5, 0.6) is 0 Å². The van der Waals surface area contributed by atoms with Crippen molar-refractivity contribution < 1.29 is 17.3 Å². The van der Waals surface area contributed by atoms with E-state index in [9.17, 15) is 17.3 Å². The molecule has 0 aliphatic heterocycles. The van der Waals surface area contributed by atoms with Gasteiger partial charge in [-0.15, -0.1) is 0 Å². The minimum atomic E-state index is -6.00. The van der Waals surface area contributed by atoms with Crippen molar-refractivity contribution >= 4 is 33.9 Å². The average Bonchev–Trinajstić information content (AvgIpc) is 2.70. The van der Waals surface area contributed by atoms with Crippen LogP contribution in [0.2, 0.25) is 5.21 Å². The number of hydrogen-bond donors (Lipinski definition) is 0. The molecule has 0 radical (unpaired) electrons. The van der Waals surface area contributed by atoms with Gasteiger partial charge in [0.15, 0.2) is 0 Å². The molecule has 28 heavy (non-hydrogen) atoms. The van der Waals surface area contributed by atoms with Crippen LogP contribution < -0.4 is 13.1 Å². The van der Waals surface area contributed by atoms with E-state index in [0.29, 0.717) is 0 Å². The van der Waals surface area contributed by atoms with E-state index < -0.39 is 20.8 Å². The summed E-state index contributed by atoms with van der Waals surface area (Å²) in [5.41, 5.74) is 0. The Morgan fingerprint density at radius 1 is 0.607 bits per heavy atom. The van der Waals surface area contributed by atoms with Crippen molar-refractivity contribution in [2.24, 2.45) is 0 Å². The minimum absolute atomic E-state index is 1.25. The molecule has 0 heterocycles. The monoisotopic (exact) mass is 450 g/mol. The fourth-order valence-corrected chi connectivity index (χ4v) is 12.7. The van der Waals surface area contributed by atoms with Crippen LogP contribution >= 0.6 is 0 Å². The van der Waals surface area contributed by atoms with E-state index in [-0.39, 0.29) is 0 Å². The van der Waals surface area contributed by atoms with Crippen molar-refractivity contribution in [3.8, 4) is 0 Å². The average molecular weight is 450 g/mol. The molecule has 3 aromatic carbocycles. The maximum Gasteiger partial charge on any atom is 0.673 e. The molecule has 0 saturated heterocycles. The van der Waals surface area contributed by atoms with Crippen LogP contribution in [0, 0.1) is 0 Å². The molecule has 0 saturated carbocycles. The third kappa shape index (κ3) is 6.27. The molecular formula is C22H24AsBF4. The Hall–Kier alpha value is -2.00. The Balaban J connectivity index is 0.000000500. The molecule has 0 aliphatic carbocycles. The summed E-state index contributed by atoms with van der Waals surface area (Å²) in [6.45, 7) is 2.30. The van der Waals surface area contributed by atoms with E-state index >= 15 is 0 Å². The fraction of sp³-hybridized carbons (Fsp3) is 0.182. The van der Waals surface area contributed by atoms with Gasteiger partial charge in [0.25, 0.3) is 0 Å². The second-order valence-corrected chi connectivity index (χ2v) is 14.0. The summed E-state index contributed by atoms with van der Waals surface area (Å²) < 4.78 is 43.7. The zero-order chi connectivity index (χ0) is 20.5. The van der Waals surface area contributed by atoms with E-state index in [4.69, 9.17) is 0 Å². The van der Waals surface area contributed by atoms with Gasteiger partial charge in [-0.1, -0.05) is 0 Å². The summed E-state index contributed by atoms with van der Waals surface area (Å²) in [5, 5.41) is 1.30. The van der Waals surface area contributed by atoms with Crippen molar-refractivity contribution in [1.29, 1.82) is 0 Å². The fourth-order valence-electron chi connectivity index (χ4n) is 3.28. The molecule has 0 unspecified atom stereocenters. The zero-order valence-electron chi connectivity index (χ0n) is 15.8.